The highest BCUT2D eigenvalue weighted by Gasteiger charge is 2.23. The summed E-state index contributed by atoms with van der Waals surface area (Å²) in [4.78, 5) is 36.6. The Morgan fingerprint density at radius 3 is 2.55 bits per heavy atom. The molecule has 2 aromatic rings. The highest BCUT2D eigenvalue weighted by Crippen LogP contribution is 2.25. The molecule has 8 heteroatoms. The lowest BCUT2D eigenvalue weighted by Gasteiger charge is -2.02. The van der Waals surface area contributed by atoms with Crippen molar-refractivity contribution in [2.75, 3.05) is 6.61 Å². The Hall–Kier alpha value is -2.54. The Labute approximate surface area is 117 Å². The van der Waals surface area contributed by atoms with Gasteiger partial charge >= 0.3 is 5.97 Å². The first-order chi connectivity index (χ1) is 9.40. The molecule has 0 fully saturated rings. The quantitative estimate of drug-likeness (QED) is 0.712. The fourth-order valence-electron chi connectivity index (χ4n) is 1.78. The largest absolute Gasteiger partial charge is 0.451 e. The van der Waals surface area contributed by atoms with Gasteiger partial charge in [0.1, 0.15) is 5.69 Å². The van der Waals surface area contributed by atoms with Crippen LogP contribution in [0, 0.1) is 0 Å². The van der Waals surface area contributed by atoms with Crippen LogP contribution in [-0.2, 0) is 9.53 Å². The van der Waals surface area contributed by atoms with Crippen molar-refractivity contribution in [3.63, 3.8) is 0 Å². The molecule has 1 aromatic carbocycles. The smallest absolute Gasteiger partial charge is 0.356 e. The molecule has 2 amide bonds. The maximum absolute atomic E-state index is 11.8. The lowest BCUT2D eigenvalue weighted by molar-refractivity contribution is -0.121. The van der Waals surface area contributed by atoms with Crippen LogP contribution in [0.4, 0.5) is 0 Å². The molecule has 0 aliphatic carbocycles. The van der Waals surface area contributed by atoms with Crippen LogP contribution in [0.25, 0.3) is 10.9 Å². The van der Waals surface area contributed by atoms with Gasteiger partial charge in [-0.15, -0.1) is 0 Å². The monoisotopic (exact) mass is 295 g/mol. The molecule has 1 heterocycles. The van der Waals surface area contributed by atoms with Crippen LogP contribution >= 0.6 is 11.6 Å². The summed E-state index contributed by atoms with van der Waals surface area (Å²) in [6, 6.07) is 4.68. The van der Waals surface area contributed by atoms with Crippen molar-refractivity contribution in [3.05, 3.63) is 34.5 Å². The molecule has 0 atom stereocenters. The van der Waals surface area contributed by atoms with Crippen molar-refractivity contribution in [1.29, 1.82) is 0 Å². The second-order valence-corrected chi connectivity index (χ2v) is 4.41. The Balaban J connectivity index is 2.52. The van der Waals surface area contributed by atoms with Gasteiger partial charge in [-0.25, -0.2) is 4.79 Å². The second-order valence-electron chi connectivity index (χ2n) is 3.97. The Bertz CT molecular complexity index is 723. The summed E-state index contributed by atoms with van der Waals surface area (Å²) >= 11 is 5.84. The number of carbonyl (C=O) groups is 3. The molecule has 5 N–H and O–H groups in total. The number of H-pyrrole nitrogens is 1. The number of fused-ring (bicyclic) bond motifs is 1. The highest BCUT2D eigenvalue weighted by molar-refractivity contribution is 6.31. The normalized spacial score (nSPS) is 10.4. The van der Waals surface area contributed by atoms with Gasteiger partial charge < -0.3 is 21.2 Å². The van der Waals surface area contributed by atoms with E-state index in [9.17, 15) is 14.4 Å². The lowest BCUT2D eigenvalue weighted by Crippen LogP contribution is -2.23. The van der Waals surface area contributed by atoms with Crippen LogP contribution in [0.5, 0.6) is 0 Å². The van der Waals surface area contributed by atoms with Gasteiger partial charge in [0, 0.05) is 15.9 Å². The van der Waals surface area contributed by atoms with Crippen molar-refractivity contribution in [1.82, 2.24) is 4.98 Å². The SMILES string of the molecule is NC(=O)COC(=O)c1[nH]c2ccc(Cl)cc2c1C(N)=O. The molecule has 0 bridgehead atoms. The minimum absolute atomic E-state index is 0.0445. The summed E-state index contributed by atoms with van der Waals surface area (Å²) in [6.45, 7) is -0.590. The van der Waals surface area contributed by atoms with E-state index in [1.165, 1.54) is 6.07 Å². The van der Waals surface area contributed by atoms with Crippen molar-refractivity contribution in [2.24, 2.45) is 11.5 Å². The van der Waals surface area contributed by atoms with Gasteiger partial charge in [-0.1, -0.05) is 11.6 Å². The van der Waals surface area contributed by atoms with Crippen LogP contribution < -0.4 is 11.5 Å². The van der Waals surface area contributed by atoms with Gasteiger partial charge in [0.15, 0.2) is 6.61 Å². The van der Waals surface area contributed by atoms with Gasteiger partial charge in [0.25, 0.3) is 11.8 Å². The van der Waals surface area contributed by atoms with Gasteiger partial charge in [-0.05, 0) is 18.2 Å². The van der Waals surface area contributed by atoms with Crippen molar-refractivity contribution in [2.45, 2.75) is 0 Å². The number of primary amides is 2. The number of hydrogen-bond donors (Lipinski definition) is 3. The first-order valence-corrected chi connectivity index (χ1v) is 5.84. The average Bonchev–Trinajstić information content (AvgIpc) is 2.74. The van der Waals surface area contributed by atoms with Crippen LogP contribution in [0.2, 0.25) is 5.02 Å². The standard InChI is InChI=1S/C12H10ClN3O4/c13-5-1-2-7-6(3-5)9(11(15)18)10(16-7)12(19)20-4-8(14)17/h1-3,16H,4H2,(H2,14,17)(H2,15,18). The zero-order chi connectivity index (χ0) is 14.9. The average molecular weight is 296 g/mol. The number of carbonyl (C=O) groups excluding carboxylic acids is 3. The van der Waals surface area contributed by atoms with E-state index in [-0.39, 0.29) is 11.3 Å². The third kappa shape index (κ3) is 2.57. The molecule has 0 saturated carbocycles. The summed E-state index contributed by atoms with van der Waals surface area (Å²) < 4.78 is 4.65. The third-order valence-corrected chi connectivity index (χ3v) is 2.79. The van der Waals surface area contributed by atoms with Crippen LogP contribution in [0.15, 0.2) is 18.2 Å². The molecule has 0 unspecified atom stereocenters. The van der Waals surface area contributed by atoms with E-state index >= 15 is 0 Å². The zero-order valence-corrected chi connectivity index (χ0v) is 10.9. The van der Waals surface area contributed by atoms with Crippen molar-refractivity contribution in [3.8, 4) is 0 Å². The predicted octanol–water partition coefficient (Wildman–Crippen LogP) is 0.562. The minimum Gasteiger partial charge on any atom is -0.451 e. The van der Waals surface area contributed by atoms with Gasteiger partial charge in [-0.3, -0.25) is 9.59 Å². The summed E-state index contributed by atoms with van der Waals surface area (Å²) in [6.07, 6.45) is 0. The van der Waals surface area contributed by atoms with Crippen molar-refractivity contribution >= 4 is 40.3 Å². The minimum atomic E-state index is -0.898. The molecule has 0 radical (unpaired) electrons. The molecule has 0 spiro atoms. The number of ether oxygens (including phenoxy) is 1. The molecular formula is C12H10ClN3O4. The molecule has 7 nitrogen and oxygen atoms in total. The number of aromatic nitrogens is 1. The Morgan fingerprint density at radius 1 is 1.25 bits per heavy atom. The van der Waals surface area contributed by atoms with E-state index in [0.29, 0.717) is 15.9 Å². The number of aromatic amines is 1. The van der Waals surface area contributed by atoms with E-state index in [2.05, 4.69) is 9.72 Å². The summed E-state index contributed by atoms with van der Waals surface area (Å²) in [7, 11) is 0. The number of rotatable bonds is 4. The summed E-state index contributed by atoms with van der Waals surface area (Å²) in [5.41, 5.74) is 10.5. The molecular weight excluding hydrogens is 286 g/mol. The number of hydrogen-bond acceptors (Lipinski definition) is 4. The highest BCUT2D eigenvalue weighted by atomic mass is 35.5. The second kappa shape index (κ2) is 5.22. The molecule has 0 aliphatic heterocycles. The van der Waals surface area contributed by atoms with Gasteiger partial charge in [0.05, 0.1) is 5.56 Å². The Kier molecular flexibility index (Phi) is 3.62. The number of nitrogens with one attached hydrogen (secondary N) is 1. The van der Waals surface area contributed by atoms with E-state index in [1.54, 1.807) is 12.1 Å². The van der Waals surface area contributed by atoms with Gasteiger partial charge in [0.2, 0.25) is 0 Å². The first kappa shape index (κ1) is 13.9. The molecule has 20 heavy (non-hydrogen) atoms. The van der Waals surface area contributed by atoms with E-state index in [1.807, 2.05) is 0 Å². The first-order valence-electron chi connectivity index (χ1n) is 5.46. The van der Waals surface area contributed by atoms with Crippen LogP contribution in [0.1, 0.15) is 20.8 Å². The van der Waals surface area contributed by atoms with Crippen molar-refractivity contribution < 1.29 is 19.1 Å². The summed E-state index contributed by atoms with van der Waals surface area (Å²) in [5.74, 6) is -2.52. The molecule has 1 aromatic heterocycles. The Morgan fingerprint density at radius 2 is 1.95 bits per heavy atom. The molecule has 2 rings (SSSR count). The van der Waals surface area contributed by atoms with Gasteiger partial charge in [-0.2, -0.15) is 0 Å². The van der Waals surface area contributed by atoms with E-state index in [0.717, 1.165) is 0 Å². The predicted molar refractivity (Wildman–Crippen MR) is 71.3 cm³/mol. The number of nitrogens with two attached hydrogens (primary N) is 2. The summed E-state index contributed by atoms with van der Waals surface area (Å²) in [5, 5.41) is 0.784. The topological polar surface area (TPSA) is 128 Å². The lowest BCUT2D eigenvalue weighted by atomic mass is 10.1. The fraction of sp³-hybridized carbons (Fsp3) is 0.0833. The third-order valence-electron chi connectivity index (χ3n) is 2.56. The zero-order valence-electron chi connectivity index (χ0n) is 10.1. The molecule has 0 aliphatic rings. The molecule has 104 valence electrons. The fourth-order valence-corrected chi connectivity index (χ4v) is 1.95. The maximum atomic E-state index is 11.8. The van der Waals surface area contributed by atoms with E-state index < -0.39 is 24.4 Å². The van der Waals surface area contributed by atoms with Crippen LogP contribution in [0.3, 0.4) is 0 Å². The van der Waals surface area contributed by atoms with E-state index in [4.69, 9.17) is 23.1 Å². The van der Waals surface area contributed by atoms with Crippen LogP contribution in [-0.4, -0.2) is 29.4 Å². The number of amides is 2. The number of benzene rings is 1. The maximum Gasteiger partial charge on any atom is 0.356 e. The number of esters is 1. The molecule has 0 saturated heterocycles. The number of halogens is 1.